The Morgan fingerprint density at radius 2 is 2.00 bits per heavy atom. The molecule has 19 heavy (non-hydrogen) atoms. The van der Waals surface area contributed by atoms with E-state index in [1.165, 1.54) is 5.69 Å². The normalized spacial score (nSPS) is 23.6. The third kappa shape index (κ3) is 2.52. The van der Waals surface area contributed by atoms with Crippen LogP contribution in [0.3, 0.4) is 0 Å². The molecule has 2 aliphatic rings. The zero-order valence-corrected chi connectivity index (χ0v) is 11.2. The van der Waals surface area contributed by atoms with Crippen molar-refractivity contribution in [3.05, 3.63) is 36.2 Å². The van der Waals surface area contributed by atoms with Crippen molar-refractivity contribution < 1.29 is 4.74 Å². The van der Waals surface area contributed by atoms with Gasteiger partial charge in [-0.1, -0.05) is 6.07 Å². The number of rotatable bonds is 2. The third-order valence-corrected chi connectivity index (χ3v) is 3.48. The number of nitrogens with one attached hydrogen (secondary N) is 1. The van der Waals surface area contributed by atoms with E-state index < -0.39 is 0 Å². The average molecular weight is 260 g/mol. The van der Waals surface area contributed by atoms with E-state index in [2.05, 4.69) is 41.5 Å². The molecule has 0 radical (unpaired) electrons. The highest BCUT2D eigenvalue weighted by Crippen LogP contribution is 2.25. The molecule has 1 fully saturated rings. The smallest absolute Gasteiger partial charge is 0.116 e. The van der Waals surface area contributed by atoms with Gasteiger partial charge in [-0.3, -0.25) is 5.01 Å². The average Bonchev–Trinajstić information content (AvgIpc) is 2.79. The first-order valence-corrected chi connectivity index (χ1v) is 6.70. The summed E-state index contributed by atoms with van der Waals surface area (Å²) in [6.45, 7) is 5.56. The lowest BCUT2D eigenvalue weighted by atomic mass is 10.2. The molecular weight excluding hydrogens is 240 g/mol. The van der Waals surface area contributed by atoms with Crippen molar-refractivity contribution in [3.8, 4) is 0 Å². The van der Waals surface area contributed by atoms with Crippen molar-refractivity contribution >= 4 is 11.4 Å². The minimum absolute atomic E-state index is 0.270. The summed E-state index contributed by atoms with van der Waals surface area (Å²) in [5.41, 5.74) is 11.6. The highest BCUT2D eigenvalue weighted by atomic mass is 16.5. The Bertz CT molecular complexity index is 482. The summed E-state index contributed by atoms with van der Waals surface area (Å²) >= 11 is 0. The second-order valence-corrected chi connectivity index (χ2v) is 4.96. The summed E-state index contributed by atoms with van der Waals surface area (Å²) < 4.78 is 5.39. The number of ether oxygens (including phenoxy) is 1. The molecule has 0 aliphatic carbocycles. The van der Waals surface area contributed by atoms with E-state index in [4.69, 9.17) is 10.5 Å². The second kappa shape index (κ2) is 5.11. The standard InChI is InChI=1S/C14H20N4O/c1-11-9-14(15)18(16-11)13-4-2-3-12(10-13)17-5-7-19-8-6-17/h2-4,9-11,16H,5-8,15H2,1H3. The van der Waals surface area contributed by atoms with Gasteiger partial charge in [0, 0.05) is 24.8 Å². The Kier molecular flexibility index (Phi) is 3.31. The Labute approximate surface area is 113 Å². The van der Waals surface area contributed by atoms with Crippen LogP contribution in [0.1, 0.15) is 6.92 Å². The van der Waals surface area contributed by atoms with E-state index in [9.17, 15) is 0 Å². The van der Waals surface area contributed by atoms with Gasteiger partial charge < -0.3 is 15.4 Å². The molecule has 5 nitrogen and oxygen atoms in total. The van der Waals surface area contributed by atoms with Crippen molar-refractivity contribution in [2.24, 2.45) is 5.73 Å². The van der Waals surface area contributed by atoms with Crippen molar-refractivity contribution in [2.45, 2.75) is 13.0 Å². The van der Waals surface area contributed by atoms with Crippen LogP contribution in [0.4, 0.5) is 11.4 Å². The molecule has 1 unspecified atom stereocenters. The number of morpholine rings is 1. The summed E-state index contributed by atoms with van der Waals surface area (Å²) in [6.07, 6.45) is 2.02. The molecule has 0 amide bonds. The molecule has 1 saturated heterocycles. The molecule has 1 aromatic rings. The van der Waals surface area contributed by atoms with Gasteiger partial charge in [0.1, 0.15) is 5.82 Å². The molecule has 1 aromatic carbocycles. The van der Waals surface area contributed by atoms with Crippen LogP contribution < -0.4 is 21.1 Å². The molecular formula is C14H20N4O. The molecule has 0 saturated carbocycles. The molecule has 102 valence electrons. The molecule has 5 heteroatoms. The minimum Gasteiger partial charge on any atom is -0.384 e. The highest BCUT2D eigenvalue weighted by molar-refractivity contribution is 5.62. The van der Waals surface area contributed by atoms with Gasteiger partial charge in [0.05, 0.1) is 18.9 Å². The zero-order valence-electron chi connectivity index (χ0n) is 11.2. The highest BCUT2D eigenvalue weighted by Gasteiger charge is 2.20. The number of nitrogens with zero attached hydrogens (tertiary/aromatic N) is 2. The number of nitrogens with two attached hydrogens (primary N) is 1. The Balaban J connectivity index is 1.82. The van der Waals surface area contributed by atoms with Crippen LogP contribution in [0, 0.1) is 0 Å². The lowest BCUT2D eigenvalue weighted by Gasteiger charge is -2.30. The van der Waals surface area contributed by atoms with Gasteiger partial charge in [-0.15, -0.1) is 0 Å². The summed E-state index contributed by atoms with van der Waals surface area (Å²) in [6, 6.07) is 8.70. The maximum Gasteiger partial charge on any atom is 0.116 e. The fourth-order valence-electron chi connectivity index (χ4n) is 2.52. The van der Waals surface area contributed by atoms with Crippen LogP contribution in [0.2, 0.25) is 0 Å². The minimum atomic E-state index is 0.270. The monoisotopic (exact) mass is 260 g/mol. The molecule has 2 aliphatic heterocycles. The van der Waals surface area contributed by atoms with Crippen LogP contribution in [0.5, 0.6) is 0 Å². The summed E-state index contributed by atoms with van der Waals surface area (Å²) in [7, 11) is 0. The van der Waals surface area contributed by atoms with Gasteiger partial charge in [-0.05, 0) is 31.2 Å². The van der Waals surface area contributed by atoms with Crippen molar-refractivity contribution in [2.75, 3.05) is 36.2 Å². The van der Waals surface area contributed by atoms with E-state index >= 15 is 0 Å². The van der Waals surface area contributed by atoms with Gasteiger partial charge in [-0.2, -0.15) is 0 Å². The lowest BCUT2D eigenvalue weighted by Crippen LogP contribution is -2.38. The van der Waals surface area contributed by atoms with Crippen LogP contribution in [-0.4, -0.2) is 32.3 Å². The van der Waals surface area contributed by atoms with Crippen molar-refractivity contribution in [1.29, 1.82) is 0 Å². The SMILES string of the molecule is CC1C=C(N)N(c2cccc(N3CCOCC3)c2)N1. The van der Waals surface area contributed by atoms with Crippen LogP contribution in [0.25, 0.3) is 0 Å². The van der Waals surface area contributed by atoms with E-state index in [1.807, 2.05) is 11.1 Å². The molecule has 0 spiro atoms. The molecule has 2 heterocycles. The largest absolute Gasteiger partial charge is 0.384 e. The Morgan fingerprint density at radius 3 is 2.68 bits per heavy atom. The summed E-state index contributed by atoms with van der Waals surface area (Å²) in [4.78, 5) is 2.34. The molecule has 3 N–H and O–H groups in total. The van der Waals surface area contributed by atoms with E-state index in [0.29, 0.717) is 0 Å². The number of hydrogen-bond donors (Lipinski definition) is 2. The van der Waals surface area contributed by atoms with E-state index in [-0.39, 0.29) is 6.04 Å². The Morgan fingerprint density at radius 1 is 1.26 bits per heavy atom. The van der Waals surface area contributed by atoms with Gasteiger partial charge in [0.25, 0.3) is 0 Å². The predicted molar refractivity (Wildman–Crippen MR) is 76.8 cm³/mol. The molecule has 1 atom stereocenters. The zero-order chi connectivity index (χ0) is 13.2. The predicted octanol–water partition coefficient (Wildman–Crippen LogP) is 1.04. The molecule has 3 rings (SSSR count). The topological polar surface area (TPSA) is 53.8 Å². The van der Waals surface area contributed by atoms with Crippen LogP contribution in [-0.2, 0) is 4.74 Å². The first-order chi connectivity index (χ1) is 9.24. The Hall–Kier alpha value is -1.72. The quantitative estimate of drug-likeness (QED) is 0.832. The third-order valence-electron chi connectivity index (χ3n) is 3.48. The first-order valence-electron chi connectivity index (χ1n) is 6.70. The first kappa shape index (κ1) is 12.3. The molecule has 0 aromatic heterocycles. The number of benzene rings is 1. The summed E-state index contributed by atoms with van der Waals surface area (Å²) in [5, 5.41) is 1.94. The number of anilines is 2. The van der Waals surface area contributed by atoms with Crippen molar-refractivity contribution in [3.63, 3.8) is 0 Å². The van der Waals surface area contributed by atoms with E-state index in [1.54, 1.807) is 0 Å². The molecule has 0 bridgehead atoms. The van der Waals surface area contributed by atoms with Crippen LogP contribution >= 0.6 is 0 Å². The lowest BCUT2D eigenvalue weighted by molar-refractivity contribution is 0.122. The van der Waals surface area contributed by atoms with Gasteiger partial charge in [-0.25, -0.2) is 5.43 Å². The maximum absolute atomic E-state index is 6.02. The maximum atomic E-state index is 6.02. The number of hydrazine groups is 1. The fourth-order valence-corrected chi connectivity index (χ4v) is 2.52. The van der Waals surface area contributed by atoms with Crippen molar-refractivity contribution in [1.82, 2.24) is 5.43 Å². The van der Waals surface area contributed by atoms with Gasteiger partial charge in [0.2, 0.25) is 0 Å². The van der Waals surface area contributed by atoms with Gasteiger partial charge in [0.15, 0.2) is 0 Å². The van der Waals surface area contributed by atoms with Crippen LogP contribution in [0.15, 0.2) is 36.2 Å². The summed E-state index contributed by atoms with van der Waals surface area (Å²) in [5.74, 6) is 0.756. The second-order valence-electron chi connectivity index (χ2n) is 4.96. The fraction of sp³-hybridized carbons (Fsp3) is 0.429. The van der Waals surface area contributed by atoms with E-state index in [0.717, 1.165) is 37.8 Å². The number of hydrogen-bond acceptors (Lipinski definition) is 5. The van der Waals surface area contributed by atoms with Gasteiger partial charge >= 0.3 is 0 Å².